The van der Waals surface area contributed by atoms with E-state index in [0.717, 1.165) is 22.8 Å². The molecule has 2 heterocycles. The van der Waals surface area contributed by atoms with Gasteiger partial charge in [0.15, 0.2) is 0 Å². The van der Waals surface area contributed by atoms with E-state index < -0.39 is 0 Å². The van der Waals surface area contributed by atoms with Crippen LogP contribution in [0.4, 0.5) is 11.8 Å². The molecule has 1 aromatic carbocycles. The zero-order valence-corrected chi connectivity index (χ0v) is 18.9. The van der Waals surface area contributed by atoms with Gasteiger partial charge in [-0.15, -0.1) is 0 Å². The van der Waals surface area contributed by atoms with Crippen LogP contribution < -0.4 is 15.8 Å². The minimum atomic E-state index is -0.0460. The lowest BCUT2D eigenvalue weighted by atomic mass is 9.92. The van der Waals surface area contributed by atoms with Crippen molar-refractivity contribution in [1.29, 1.82) is 0 Å². The summed E-state index contributed by atoms with van der Waals surface area (Å²) in [4.78, 5) is 8.75. The zero-order chi connectivity index (χ0) is 22.1. The molecular formula is C23H32N6O. The Labute approximate surface area is 178 Å². The number of nitrogens with one attached hydrogen (secondary N) is 1. The highest BCUT2D eigenvalue weighted by Crippen LogP contribution is 2.27. The summed E-state index contributed by atoms with van der Waals surface area (Å²) in [5.74, 6) is 1.75. The maximum absolute atomic E-state index is 5.99. The standard InChI is InChI=1S/C23H32N6O/c1-14-8-15(2)10-17(9-14)30-13-16(3)25-21-11-18(26-22(24)27-21)19-12-20(23(4,5)6)28-29(19)7/h8-12,16H,13H2,1-7H3,(H3,24,25,26,27)/t16-/m1/s1. The third kappa shape index (κ3) is 5.28. The Balaban J connectivity index is 1.74. The van der Waals surface area contributed by atoms with Crippen LogP contribution in [0, 0.1) is 13.8 Å². The summed E-state index contributed by atoms with van der Waals surface area (Å²) in [6.07, 6.45) is 0. The van der Waals surface area contributed by atoms with Gasteiger partial charge in [-0.25, -0.2) is 4.98 Å². The molecule has 0 aliphatic rings. The molecule has 0 spiro atoms. The first-order valence-electron chi connectivity index (χ1n) is 10.2. The van der Waals surface area contributed by atoms with Gasteiger partial charge in [0, 0.05) is 18.5 Å². The van der Waals surface area contributed by atoms with Gasteiger partial charge < -0.3 is 15.8 Å². The largest absolute Gasteiger partial charge is 0.491 e. The van der Waals surface area contributed by atoms with Crippen LogP contribution in [-0.2, 0) is 12.5 Å². The molecule has 0 aliphatic carbocycles. The number of rotatable bonds is 6. The zero-order valence-electron chi connectivity index (χ0n) is 18.9. The minimum absolute atomic E-state index is 0.0321. The van der Waals surface area contributed by atoms with Crippen LogP contribution in [0.25, 0.3) is 11.4 Å². The number of benzene rings is 1. The predicted molar refractivity (Wildman–Crippen MR) is 122 cm³/mol. The Morgan fingerprint density at radius 3 is 2.33 bits per heavy atom. The molecule has 0 unspecified atom stereocenters. The van der Waals surface area contributed by atoms with Gasteiger partial charge in [-0.1, -0.05) is 26.8 Å². The molecule has 0 amide bonds. The summed E-state index contributed by atoms with van der Waals surface area (Å²) in [5.41, 5.74) is 10.9. The van der Waals surface area contributed by atoms with E-state index in [9.17, 15) is 0 Å². The lowest BCUT2D eigenvalue weighted by Gasteiger charge is -2.17. The number of nitrogens with two attached hydrogens (primary N) is 1. The maximum atomic E-state index is 5.99. The molecule has 0 saturated heterocycles. The number of nitrogen functional groups attached to an aromatic ring is 1. The lowest BCUT2D eigenvalue weighted by Crippen LogP contribution is -2.24. The van der Waals surface area contributed by atoms with Crippen LogP contribution in [0.1, 0.15) is 44.5 Å². The molecule has 2 aromatic heterocycles. The Hall–Kier alpha value is -3.09. The maximum Gasteiger partial charge on any atom is 0.222 e. The van der Waals surface area contributed by atoms with Gasteiger partial charge in [-0.3, -0.25) is 4.68 Å². The fourth-order valence-corrected chi connectivity index (χ4v) is 3.28. The average molecular weight is 409 g/mol. The Kier molecular flexibility index (Phi) is 6.01. The van der Waals surface area contributed by atoms with Crippen molar-refractivity contribution in [3.63, 3.8) is 0 Å². The van der Waals surface area contributed by atoms with Gasteiger partial charge in [-0.05, 0) is 50.1 Å². The van der Waals surface area contributed by atoms with Crippen LogP contribution in [0.2, 0.25) is 0 Å². The summed E-state index contributed by atoms with van der Waals surface area (Å²) in [6, 6.07) is 10.2. The van der Waals surface area contributed by atoms with Gasteiger partial charge in [0.25, 0.3) is 0 Å². The molecule has 7 heteroatoms. The van der Waals surface area contributed by atoms with Crippen molar-refractivity contribution in [2.45, 2.75) is 53.0 Å². The van der Waals surface area contributed by atoms with E-state index in [0.29, 0.717) is 12.4 Å². The predicted octanol–water partition coefficient (Wildman–Crippen LogP) is 4.25. The monoisotopic (exact) mass is 408 g/mol. The third-order valence-electron chi connectivity index (χ3n) is 4.74. The number of anilines is 2. The summed E-state index contributed by atoms with van der Waals surface area (Å²) in [6.45, 7) is 13.1. The molecule has 0 aliphatic heterocycles. The van der Waals surface area contributed by atoms with Crippen molar-refractivity contribution in [2.75, 3.05) is 17.7 Å². The molecule has 0 radical (unpaired) electrons. The van der Waals surface area contributed by atoms with E-state index in [1.54, 1.807) is 0 Å². The molecule has 7 nitrogen and oxygen atoms in total. The van der Waals surface area contributed by atoms with Gasteiger partial charge in [0.2, 0.25) is 5.95 Å². The topological polar surface area (TPSA) is 90.9 Å². The summed E-state index contributed by atoms with van der Waals surface area (Å²) >= 11 is 0. The Morgan fingerprint density at radius 1 is 1.07 bits per heavy atom. The molecule has 3 N–H and O–H groups in total. The molecule has 30 heavy (non-hydrogen) atoms. The van der Waals surface area contributed by atoms with Gasteiger partial charge in [-0.2, -0.15) is 10.1 Å². The van der Waals surface area contributed by atoms with E-state index >= 15 is 0 Å². The first kappa shape index (κ1) is 21.6. The summed E-state index contributed by atoms with van der Waals surface area (Å²) in [7, 11) is 1.91. The average Bonchev–Trinajstić information content (AvgIpc) is 3.01. The number of hydrogen-bond donors (Lipinski definition) is 2. The quantitative estimate of drug-likeness (QED) is 0.633. The van der Waals surface area contributed by atoms with Crippen molar-refractivity contribution >= 4 is 11.8 Å². The number of nitrogens with zero attached hydrogens (tertiary/aromatic N) is 4. The van der Waals surface area contributed by atoms with Crippen molar-refractivity contribution in [2.24, 2.45) is 7.05 Å². The van der Waals surface area contributed by atoms with Crippen LogP contribution in [-0.4, -0.2) is 32.4 Å². The van der Waals surface area contributed by atoms with Gasteiger partial charge in [0.1, 0.15) is 18.2 Å². The highest BCUT2D eigenvalue weighted by molar-refractivity contribution is 5.61. The first-order valence-corrected chi connectivity index (χ1v) is 10.2. The Bertz CT molecular complexity index is 1010. The third-order valence-corrected chi connectivity index (χ3v) is 4.74. The van der Waals surface area contributed by atoms with E-state index in [-0.39, 0.29) is 17.4 Å². The van der Waals surface area contributed by atoms with Crippen molar-refractivity contribution in [3.8, 4) is 17.1 Å². The van der Waals surface area contributed by atoms with Crippen LogP contribution >= 0.6 is 0 Å². The van der Waals surface area contributed by atoms with E-state index in [4.69, 9.17) is 10.5 Å². The van der Waals surface area contributed by atoms with E-state index in [1.807, 2.05) is 36.9 Å². The summed E-state index contributed by atoms with van der Waals surface area (Å²) in [5, 5.41) is 7.99. The molecule has 0 fully saturated rings. The van der Waals surface area contributed by atoms with Crippen molar-refractivity contribution in [1.82, 2.24) is 19.7 Å². The number of aromatic nitrogens is 4. The van der Waals surface area contributed by atoms with Crippen LogP contribution in [0.5, 0.6) is 5.75 Å². The molecule has 1 atom stereocenters. The minimum Gasteiger partial charge on any atom is -0.491 e. The number of ether oxygens (including phenoxy) is 1. The Morgan fingerprint density at radius 2 is 1.73 bits per heavy atom. The van der Waals surface area contributed by atoms with Crippen molar-refractivity contribution < 1.29 is 4.74 Å². The molecule has 160 valence electrons. The summed E-state index contributed by atoms with van der Waals surface area (Å²) < 4.78 is 7.79. The van der Waals surface area contributed by atoms with Crippen LogP contribution in [0.3, 0.4) is 0 Å². The second kappa shape index (κ2) is 8.34. The first-order chi connectivity index (χ1) is 14.0. The second-order valence-corrected chi connectivity index (χ2v) is 8.96. The van der Waals surface area contributed by atoms with Gasteiger partial charge in [0.05, 0.1) is 23.1 Å². The van der Waals surface area contributed by atoms with E-state index in [1.165, 1.54) is 11.1 Å². The number of hydrogen-bond acceptors (Lipinski definition) is 6. The molecule has 3 rings (SSSR count). The smallest absolute Gasteiger partial charge is 0.222 e. The highest BCUT2D eigenvalue weighted by Gasteiger charge is 2.20. The molecule has 0 saturated carbocycles. The second-order valence-electron chi connectivity index (χ2n) is 8.96. The fraction of sp³-hybridized carbons (Fsp3) is 0.435. The van der Waals surface area contributed by atoms with Crippen molar-refractivity contribution in [3.05, 3.63) is 47.2 Å². The molecular weight excluding hydrogens is 376 g/mol. The SMILES string of the molecule is Cc1cc(C)cc(OC[C@@H](C)Nc2cc(-c3cc(C(C)(C)C)nn3C)nc(N)n2)c1. The fourth-order valence-electron chi connectivity index (χ4n) is 3.28. The lowest BCUT2D eigenvalue weighted by molar-refractivity contribution is 0.303. The van der Waals surface area contributed by atoms with Crippen LogP contribution in [0.15, 0.2) is 30.3 Å². The van der Waals surface area contributed by atoms with E-state index in [2.05, 4.69) is 67.1 Å². The highest BCUT2D eigenvalue weighted by atomic mass is 16.5. The molecule has 3 aromatic rings. The normalized spacial score (nSPS) is 12.6. The number of aryl methyl sites for hydroxylation is 3. The molecule has 0 bridgehead atoms. The van der Waals surface area contributed by atoms with Gasteiger partial charge >= 0.3 is 0 Å².